The summed E-state index contributed by atoms with van der Waals surface area (Å²) in [6.45, 7) is 7.43. The molecule has 0 aliphatic rings. The van der Waals surface area contributed by atoms with E-state index in [2.05, 4.69) is 44.9 Å². The van der Waals surface area contributed by atoms with E-state index in [1.54, 1.807) is 13.8 Å². The van der Waals surface area contributed by atoms with Crippen molar-refractivity contribution in [3.8, 4) is 0 Å². The van der Waals surface area contributed by atoms with Gasteiger partial charge in [-0.2, -0.15) is 0 Å². The van der Waals surface area contributed by atoms with Crippen molar-refractivity contribution in [3.05, 3.63) is 56.8 Å². The molecular formula is C19H22BrFN4. The van der Waals surface area contributed by atoms with Gasteiger partial charge in [-0.15, -0.1) is 0 Å². The van der Waals surface area contributed by atoms with Crippen molar-refractivity contribution in [2.75, 3.05) is 18.4 Å². The third-order valence-electron chi connectivity index (χ3n) is 4.22. The van der Waals surface area contributed by atoms with E-state index in [0.717, 1.165) is 32.6 Å². The summed E-state index contributed by atoms with van der Waals surface area (Å²) < 4.78 is 17.0. The van der Waals surface area contributed by atoms with Crippen molar-refractivity contribution in [1.29, 1.82) is 0 Å². The summed E-state index contributed by atoms with van der Waals surface area (Å²) >= 11 is 3.60. The van der Waals surface area contributed by atoms with Gasteiger partial charge in [0.1, 0.15) is 11.3 Å². The molecule has 6 heteroatoms. The zero-order valence-corrected chi connectivity index (χ0v) is 16.2. The molecule has 0 unspecified atom stereocenters. The number of rotatable bonds is 5. The summed E-state index contributed by atoms with van der Waals surface area (Å²) in [5.41, 5.74) is 11.1. The van der Waals surface area contributed by atoms with Gasteiger partial charge in [-0.05, 0) is 71.1 Å². The number of aryl methyl sites for hydroxylation is 3. The van der Waals surface area contributed by atoms with Crippen LogP contribution in [0, 0.1) is 26.6 Å². The molecule has 132 valence electrons. The highest BCUT2D eigenvalue weighted by molar-refractivity contribution is 9.10. The Labute approximate surface area is 155 Å². The van der Waals surface area contributed by atoms with Gasteiger partial charge >= 0.3 is 0 Å². The summed E-state index contributed by atoms with van der Waals surface area (Å²) in [6.07, 6.45) is 0. The average Bonchev–Trinajstić information content (AvgIpc) is 2.89. The van der Waals surface area contributed by atoms with Crippen LogP contribution in [0.15, 0.2) is 28.7 Å². The van der Waals surface area contributed by atoms with Crippen LogP contribution in [0.3, 0.4) is 0 Å². The smallest absolute Gasteiger partial charge is 0.204 e. The quantitative estimate of drug-likeness (QED) is 0.666. The predicted molar refractivity (Wildman–Crippen MR) is 105 cm³/mol. The monoisotopic (exact) mass is 404 g/mol. The lowest BCUT2D eigenvalue weighted by atomic mass is 10.1. The molecule has 3 aromatic rings. The number of imidazole rings is 1. The van der Waals surface area contributed by atoms with E-state index in [0.29, 0.717) is 30.8 Å². The maximum Gasteiger partial charge on any atom is 0.204 e. The van der Waals surface area contributed by atoms with Crippen LogP contribution in [0.1, 0.15) is 22.3 Å². The Morgan fingerprint density at radius 2 is 1.84 bits per heavy atom. The molecule has 25 heavy (non-hydrogen) atoms. The Kier molecular flexibility index (Phi) is 5.11. The molecule has 0 saturated carbocycles. The summed E-state index contributed by atoms with van der Waals surface area (Å²) in [5.74, 6) is 0.630. The fourth-order valence-corrected chi connectivity index (χ4v) is 3.75. The molecule has 3 rings (SSSR count). The Hall–Kier alpha value is -1.92. The molecule has 0 amide bonds. The first-order chi connectivity index (χ1) is 11.9. The van der Waals surface area contributed by atoms with Gasteiger partial charge in [0.2, 0.25) is 5.95 Å². The van der Waals surface area contributed by atoms with Crippen LogP contribution in [0.5, 0.6) is 0 Å². The number of aromatic nitrogens is 2. The summed E-state index contributed by atoms with van der Waals surface area (Å²) in [4.78, 5) is 4.72. The molecule has 0 radical (unpaired) electrons. The summed E-state index contributed by atoms with van der Waals surface area (Å²) in [7, 11) is 0. The van der Waals surface area contributed by atoms with E-state index in [-0.39, 0.29) is 5.82 Å². The first-order valence-electron chi connectivity index (χ1n) is 8.26. The fourth-order valence-electron chi connectivity index (χ4n) is 3.10. The first kappa shape index (κ1) is 17.9. The van der Waals surface area contributed by atoms with Crippen LogP contribution in [0.25, 0.3) is 11.0 Å². The molecule has 1 heterocycles. The minimum Gasteiger partial charge on any atom is -0.354 e. The zero-order chi connectivity index (χ0) is 18.1. The van der Waals surface area contributed by atoms with Crippen LogP contribution in [-0.2, 0) is 6.54 Å². The lowest BCUT2D eigenvalue weighted by Crippen LogP contribution is -2.16. The molecule has 3 N–H and O–H groups in total. The van der Waals surface area contributed by atoms with E-state index in [1.807, 2.05) is 12.1 Å². The Balaban J connectivity index is 2.12. The second-order valence-corrected chi connectivity index (χ2v) is 7.25. The minimum atomic E-state index is -0.140. The van der Waals surface area contributed by atoms with Gasteiger partial charge in [-0.1, -0.05) is 12.1 Å². The number of nitrogens with one attached hydrogen (secondary N) is 1. The number of halogens is 2. The number of benzene rings is 2. The highest BCUT2D eigenvalue weighted by Crippen LogP contribution is 2.29. The van der Waals surface area contributed by atoms with E-state index in [9.17, 15) is 4.39 Å². The number of hydrogen-bond acceptors (Lipinski definition) is 3. The number of nitrogens with two attached hydrogens (primary N) is 1. The molecule has 0 spiro atoms. The van der Waals surface area contributed by atoms with Gasteiger partial charge in [0.25, 0.3) is 0 Å². The van der Waals surface area contributed by atoms with Gasteiger partial charge in [-0.3, -0.25) is 0 Å². The highest BCUT2D eigenvalue weighted by Gasteiger charge is 2.15. The Morgan fingerprint density at radius 1 is 1.16 bits per heavy atom. The Morgan fingerprint density at radius 3 is 2.48 bits per heavy atom. The zero-order valence-electron chi connectivity index (χ0n) is 14.7. The minimum absolute atomic E-state index is 0.140. The van der Waals surface area contributed by atoms with Gasteiger partial charge in [0, 0.05) is 17.6 Å². The van der Waals surface area contributed by atoms with Gasteiger partial charge in [-0.25, -0.2) is 9.37 Å². The van der Waals surface area contributed by atoms with E-state index >= 15 is 0 Å². The van der Waals surface area contributed by atoms with Crippen molar-refractivity contribution < 1.29 is 4.39 Å². The van der Waals surface area contributed by atoms with Crippen molar-refractivity contribution in [3.63, 3.8) is 0 Å². The van der Waals surface area contributed by atoms with Crippen molar-refractivity contribution in [2.24, 2.45) is 5.73 Å². The first-order valence-corrected chi connectivity index (χ1v) is 9.06. The summed E-state index contributed by atoms with van der Waals surface area (Å²) in [5, 5.41) is 3.29. The average molecular weight is 405 g/mol. The lowest BCUT2D eigenvalue weighted by Gasteiger charge is -2.12. The molecular weight excluding hydrogens is 383 g/mol. The van der Waals surface area contributed by atoms with Crippen LogP contribution in [0.2, 0.25) is 0 Å². The second-order valence-electron chi connectivity index (χ2n) is 6.40. The molecule has 2 aromatic carbocycles. The molecule has 0 aliphatic carbocycles. The van der Waals surface area contributed by atoms with E-state index < -0.39 is 0 Å². The van der Waals surface area contributed by atoms with E-state index in [1.165, 1.54) is 0 Å². The normalized spacial score (nSPS) is 11.3. The molecule has 1 aromatic heterocycles. The van der Waals surface area contributed by atoms with Crippen molar-refractivity contribution in [2.45, 2.75) is 27.3 Å². The fraction of sp³-hybridized carbons (Fsp3) is 0.316. The van der Waals surface area contributed by atoms with Gasteiger partial charge in [0.15, 0.2) is 0 Å². The van der Waals surface area contributed by atoms with Crippen LogP contribution in [-0.4, -0.2) is 22.6 Å². The number of anilines is 1. The Bertz CT molecular complexity index is 910. The third-order valence-corrected chi connectivity index (χ3v) is 4.82. The topological polar surface area (TPSA) is 55.9 Å². The largest absolute Gasteiger partial charge is 0.354 e. The standard InChI is InChI=1S/C19H22BrFN4/c1-11-6-15(20)18-16(7-11)25(19(24-18)23-5-4-22)10-14-8-12(2)17(21)13(3)9-14/h6-9H,4-5,10,22H2,1-3H3,(H,23,24). The van der Waals surface area contributed by atoms with Gasteiger partial charge < -0.3 is 15.6 Å². The molecule has 0 fully saturated rings. The van der Waals surface area contributed by atoms with Crippen LogP contribution in [0.4, 0.5) is 10.3 Å². The number of fused-ring (bicyclic) bond motifs is 1. The number of nitrogens with zero attached hydrogens (tertiary/aromatic N) is 2. The van der Waals surface area contributed by atoms with Crippen molar-refractivity contribution in [1.82, 2.24) is 9.55 Å². The molecule has 0 aliphatic heterocycles. The van der Waals surface area contributed by atoms with Crippen LogP contribution < -0.4 is 11.1 Å². The van der Waals surface area contributed by atoms with Crippen LogP contribution >= 0.6 is 15.9 Å². The maximum atomic E-state index is 13.9. The number of hydrogen-bond donors (Lipinski definition) is 2. The third kappa shape index (κ3) is 3.55. The molecule has 0 saturated heterocycles. The highest BCUT2D eigenvalue weighted by atomic mass is 79.9. The molecule has 4 nitrogen and oxygen atoms in total. The lowest BCUT2D eigenvalue weighted by molar-refractivity contribution is 0.607. The van der Waals surface area contributed by atoms with Gasteiger partial charge in [0.05, 0.1) is 12.1 Å². The predicted octanol–water partition coefficient (Wildman–Crippen LogP) is 4.28. The second kappa shape index (κ2) is 7.14. The SMILES string of the molecule is Cc1cc(Br)c2nc(NCCN)n(Cc3cc(C)c(F)c(C)c3)c2c1. The molecule has 0 bridgehead atoms. The maximum absolute atomic E-state index is 13.9. The molecule has 0 atom stereocenters. The van der Waals surface area contributed by atoms with E-state index in [4.69, 9.17) is 10.7 Å². The summed E-state index contributed by atoms with van der Waals surface area (Å²) in [6, 6.07) is 7.96. The van der Waals surface area contributed by atoms with Crippen molar-refractivity contribution >= 4 is 32.9 Å².